The predicted molar refractivity (Wildman–Crippen MR) is 50.0 cm³/mol. The van der Waals surface area contributed by atoms with E-state index in [0.717, 1.165) is 18.7 Å². The van der Waals surface area contributed by atoms with Crippen molar-refractivity contribution in [1.82, 2.24) is 4.90 Å². The summed E-state index contributed by atoms with van der Waals surface area (Å²) in [6.45, 7) is 0.782. The maximum Gasteiger partial charge on any atom is 0.224 e. The van der Waals surface area contributed by atoms with Crippen LogP contribution in [0.2, 0.25) is 0 Å². The van der Waals surface area contributed by atoms with Gasteiger partial charge in [0.1, 0.15) is 0 Å². The average Bonchev–Trinajstić information content (AvgIpc) is 2.58. The lowest BCUT2D eigenvalue weighted by molar-refractivity contribution is -0.129. The van der Waals surface area contributed by atoms with Crippen molar-refractivity contribution >= 4 is 17.7 Å². The number of nitrogens with zero attached hydrogens (tertiary/aromatic N) is 1. The minimum Gasteiger partial charge on any atom is -0.337 e. The molecule has 0 aromatic carbocycles. The molecular formula is C8H14N2OS. The molecule has 0 radical (unpaired) electrons. The lowest BCUT2D eigenvalue weighted by Gasteiger charge is -2.22. The molecule has 2 N–H and O–H groups in total. The van der Waals surface area contributed by atoms with Crippen LogP contribution >= 0.6 is 11.8 Å². The number of carbonyl (C=O) groups is 1. The summed E-state index contributed by atoms with van der Waals surface area (Å²) in [4.78, 5) is 13.4. The molecule has 3 nitrogen and oxygen atoms in total. The molecule has 2 heterocycles. The first-order chi connectivity index (χ1) is 5.77. The normalized spacial score (nSPS) is 36.4. The molecule has 2 atom stereocenters. The highest BCUT2D eigenvalue weighted by molar-refractivity contribution is 7.99. The molecule has 4 heteroatoms. The average molecular weight is 186 g/mol. The Labute approximate surface area is 76.7 Å². The summed E-state index contributed by atoms with van der Waals surface area (Å²) >= 11 is 1.94. The molecule has 2 aliphatic rings. The number of nitrogens with two attached hydrogens (primary N) is 1. The summed E-state index contributed by atoms with van der Waals surface area (Å²) in [6, 6.07) is 0.569. The minimum atomic E-state index is 0.0862. The van der Waals surface area contributed by atoms with Crippen molar-refractivity contribution in [3.05, 3.63) is 0 Å². The fourth-order valence-corrected chi connectivity index (χ4v) is 3.11. The molecule has 68 valence electrons. The molecule has 2 fully saturated rings. The first kappa shape index (κ1) is 8.38. The van der Waals surface area contributed by atoms with E-state index < -0.39 is 0 Å². The van der Waals surface area contributed by atoms with Crippen molar-refractivity contribution in [2.75, 3.05) is 18.1 Å². The maximum atomic E-state index is 11.4. The number of hydrogen-bond acceptors (Lipinski definition) is 3. The van der Waals surface area contributed by atoms with Crippen LogP contribution in [0.4, 0.5) is 0 Å². The van der Waals surface area contributed by atoms with Gasteiger partial charge in [-0.25, -0.2) is 0 Å². The number of likely N-dealkylation sites (tertiary alicyclic amines) is 1. The van der Waals surface area contributed by atoms with Gasteiger partial charge in [-0.1, -0.05) is 0 Å². The highest BCUT2D eigenvalue weighted by Crippen LogP contribution is 2.25. The standard InChI is InChI=1S/C8H14N2OS/c9-6-3-8(11)10(4-6)7-1-2-12-5-7/h6-7H,1-5,9H2. The van der Waals surface area contributed by atoms with E-state index in [2.05, 4.69) is 0 Å². The van der Waals surface area contributed by atoms with Crippen LogP contribution in [0, 0.1) is 0 Å². The number of carbonyl (C=O) groups excluding carboxylic acids is 1. The molecule has 2 unspecified atom stereocenters. The lowest BCUT2D eigenvalue weighted by Crippen LogP contribution is -2.37. The Hall–Kier alpha value is -0.220. The smallest absolute Gasteiger partial charge is 0.224 e. The zero-order valence-electron chi connectivity index (χ0n) is 7.03. The number of amides is 1. The molecule has 2 saturated heterocycles. The SMILES string of the molecule is NC1CC(=O)N(C2CCSC2)C1. The van der Waals surface area contributed by atoms with Crippen LogP contribution in [-0.4, -0.2) is 40.9 Å². The van der Waals surface area contributed by atoms with Gasteiger partial charge in [0, 0.05) is 30.8 Å². The Bertz CT molecular complexity index is 191. The Kier molecular flexibility index (Phi) is 2.28. The highest BCUT2D eigenvalue weighted by atomic mass is 32.2. The molecule has 0 aromatic heterocycles. The van der Waals surface area contributed by atoms with E-state index in [1.807, 2.05) is 16.7 Å². The zero-order valence-corrected chi connectivity index (χ0v) is 7.85. The van der Waals surface area contributed by atoms with E-state index in [9.17, 15) is 4.79 Å². The number of thioether (sulfide) groups is 1. The quantitative estimate of drug-likeness (QED) is 0.629. The largest absolute Gasteiger partial charge is 0.337 e. The topological polar surface area (TPSA) is 46.3 Å². The summed E-state index contributed by atoms with van der Waals surface area (Å²) in [7, 11) is 0. The zero-order chi connectivity index (χ0) is 8.55. The number of rotatable bonds is 1. The van der Waals surface area contributed by atoms with Crippen molar-refractivity contribution < 1.29 is 4.79 Å². The van der Waals surface area contributed by atoms with E-state index in [1.165, 1.54) is 5.75 Å². The Morgan fingerprint density at radius 2 is 2.42 bits per heavy atom. The van der Waals surface area contributed by atoms with Crippen molar-refractivity contribution in [2.45, 2.75) is 24.9 Å². The second-order valence-electron chi connectivity index (χ2n) is 3.53. The molecule has 0 bridgehead atoms. The molecular weight excluding hydrogens is 172 g/mol. The first-order valence-electron chi connectivity index (χ1n) is 4.40. The van der Waals surface area contributed by atoms with Gasteiger partial charge in [-0.05, 0) is 12.2 Å². The molecule has 2 rings (SSSR count). The third kappa shape index (κ3) is 1.45. The summed E-state index contributed by atoms with van der Waals surface area (Å²) in [5, 5.41) is 0. The molecule has 1 amide bonds. The first-order valence-corrected chi connectivity index (χ1v) is 5.55. The van der Waals surface area contributed by atoms with Crippen molar-refractivity contribution in [2.24, 2.45) is 5.73 Å². The molecule has 0 saturated carbocycles. The second kappa shape index (κ2) is 3.26. The molecule has 2 aliphatic heterocycles. The van der Waals surface area contributed by atoms with E-state index in [4.69, 9.17) is 5.73 Å². The van der Waals surface area contributed by atoms with Gasteiger partial charge >= 0.3 is 0 Å². The summed E-state index contributed by atoms with van der Waals surface area (Å²) in [6.07, 6.45) is 1.71. The Morgan fingerprint density at radius 1 is 1.58 bits per heavy atom. The van der Waals surface area contributed by atoms with Crippen molar-refractivity contribution in [3.8, 4) is 0 Å². The van der Waals surface area contributed by atoms with Gasteiger partial charge in [-0.15, -0.1) is 0 Å². The van der Waals surface area contributed by atoms with Gasteiger partial charge in [-0.3, -0.25) is 4.79 Å². The van der Waals surface area contributed by atoms with Gasteiger partial charge in [0.2, 0.25) is 5.91 Å². The second-order valence-corrected chi connectivity index (χ2v) is 4.68. The minimum absolute atomic E-state index is 0.0862. The Balaban J connectivity index is 1.98. The van der Waals surface area contributed by atoms with Gasteiger partial charge < -0.3 is 10.6 Å². The molecule has 0 spiro atoms. The summed E-state index contributed by atoms with van der Waals surface area (Å²) in [5.74, 6) is 2.57. The molecule has 0 aromatic rings. The van der Waals surface area contributed by atoms with E-state index in [-0.39, 0.29) is 11.9 Å². The van der Waals surface area contributed by atoms with E-state index >= 15 is 0 Å². The van der Waals surface area contributed by atoms with Gasteiger partial charge in [0.05, 0.1) is 0 Å². The van der Waals surface area contributed by atoms with Crippen LogP contribution in [0.25, 0.3) is 0 Å². The van der Waals surface area contributed by atoms with Crippen LogP contribution < -0.4 is 5.73 Å². The van der Waals surface area contributed by atoms with E-state index in [1.54, 1.807) is 0 Å². The molecule has 0 aliphatic carbocycles. The summed E-state index contributed by atoms with van der Waals surface area (Å²) < 4.78 is 0. The highest BCUT2D eigenvalue weighted by Gasteiger charge is 2.33. The van der Waals surface area contributed by atoms with Gasteiger partial charge in [0.15, 0.2) is 0 Å². The fraction of sp³-hybridized carbons (Fsp3) is 0.875. The van der Waals surface area contributed by atoms with Crippen LogP contribution in [0.3, 0.4) is 0 Å². The fourth-order valence-electron chi connectivity index (χ4n) is 1.88. The Morgan fingerprint density at radius 3 is 2.92 bits per heavy atom. The third-order valence-electron chi connectivity index (χ3n) is 2.53. The van der Waals surface area contributed by atoms with E-state index in [0.29, 0.717) is 12.5 Å². The lowest BCUT2D eigenvalue weighted by atomic mass is 10.2. The van der Waals surface area contributed by atoms with Crippen LogP contribution in [0.5, 0.6) is 0 Å². The van der Waals surface area contributed by atoms with Crippen LogP contribution in [0.1, 0.15) is 12.8 Å². The maximum absolute atomic E-state index is 11.4. The summed E-state index contributed by atoms with van der Waals surface area (Å²) in [5.41, 5.74) is 5.71. The number of hydrogen-bond donors (Lipinski definition) is 1. The third-order valence-corrected chi connectivity index (χ3v) is 3.68. The predicted octanol–water partition coefficient (Wildman–Crippen LogP) is 0.0515. The van der Waals surface area contributed by atoms with Crippen LogP contribution in [0.15, 0.2) is 0 Å². The van der Waals surface area contributed by atoms with Crippen LogP contribution in [-0.2, 0) is 4.79 Å². The van der Waals surface area contributed by atoms with Gasteiger partial charge in [0.25, 0.3) is 0 Å². The van der Waals surface area contributed by atoms with Gasteiger partial charge in [-0.2, -0.15) is 11.8 Å². The molecule has 12 heavy (non-hydrogen) atoms. The van der Waals surface area contributed by atoms with Crippen molar-refractivity contribution in [3.63, 3.8) is 0 Å². The van der Waals surface area contributed by atoms with Crippen molar-refractivity contribution in [1.29, 1.82) is 0 Å². The monoisotopic (exact) mass is 186 g/mol.